The number of hydrogen-bond acceptors (Lipinski definition) is 2. The van der Waals surface area contributed by atoms with Crippen LogP contribution < -0.4 is 0 Å². The molecule has 0 aromatic heterocycles. The highest BCUT2D eigenvalue weighted by atomic mass is 28.4. The van der Waals surface area contributed by atoms with E-state index in [0.717, 1.165) is 32.1 Å². The number of Topliss-reactive ketones (excluding diaryl/α,β-unsaturated/α-hetero) is 1. The summed E-state index contributed by atoms with van der Waals surface area (Å²) in [5.41, 5.74) is 1.13. The lowest BCUT2D eigenvalue weighted by molar-refractivity contribution is -0.127. The second-order valence-corrected chi connectivity index (χ2v) is 16.5. The highest BCUT2D eigenvalue weighted by Crippen LogP contribution is 2.38. The Morgan fingerprint density at radius 2 is 1.81 bits per heavy atom. The highest BCUT2D eigenvalue weighted by Gasteiger charge is 2.38. The van der Waals surface area contributed by atoms with Crippen molar-refractivity contribution in [1.29, 1.82) is 0 Å². The summed E-state index contributed by atoms with van der Waals surface area (Å²) in [6, 6.07) is 0. The van der Waals surface area contributed by atoms with E-state index in [9.17, 15) is 4.79 Å². The van der Waals surface area contributed by atoms with Gasteiger partial charge in [-0.1, -0.05) is 70.1 Å². The first-order valence-corrected chi connectivity index (χ1v) is 15.4. The maximum Gasteiger partial charge on any atom is 0.192 e. The molecule has 0 amide bonds. The van der Waals surface area contributed by atoms with Crippen molar-refractivity contribution in [2.45, 2.75) is 124 Å². The van der Waals surface area contributed by atoms with E-state index in [1.165, 1.54) is 24.8 Å². The Kier molecular flexibility index (Phi) is 11.2. The summed E-state index contributed by atoms with van der Waals surface area (Å²) in [4.78, 5) is 12.3. The van der Waals surface area contributed by atoms with E-state index < -0.39 is 8.32 Å². The average Bonchev–Trinajstić information content (AvgIpc) is 2.64. The quantitative estimate of drug-likeness (QED) is 0.180. The van der Waals surface area contributed by atoms with Gasteiger partial charge < -0.3 is 4.43 Å². The molecule has 3 atom stereocenters. The summed E-state index contributed by atoms with van der Waals surface area (Å²) in [6.07, 6.45) is 19.6. The van der Waals surface area contributed by atoms with Crippen LogP contribution in [0, 0.1) is 11.3 Å². The predicted molar refractivity (Wildman–Crippen MR) is 139 cm³/mol. The monoisotopic (exact) mass is 446 g/mol. The van der Waals surface area contributed by atoms with E-state index in [-0.39, 0.29) is 16.6 Å². The zero-order chi connectivity index (χ0) is 23.7. The van der Waals surface area contributed by atoms with Gasteiger partial charge in [0.1, 0.15) is 5.78 Å². The Hall–Kier alpha value is -0.933. The molecular weight excluding hydrogens is 396 g/mol. The summed E-state index contributed by atoms with van der Waals surface area (Å²) in [5.74, 6) is 1.09. The van der Waals surface area contributed by atoms with Gasteiger partial charge in [-0.2, -0.15) is 0 Å². The van der Waals surface area contributed by atoms with Gasteiger partial charge in [0, 0.05) is 11.8 Å². The minimum absolute atomic E-state index is 0.145. The highest BCUT2D eigenvalue weighted by molar-refractivity contribution is 6.74. The summed E-state index contributed by atoms with van der Waals surface area (Å²) in [5, 5.41) is 0.200. The van der Waals surface area contributed by atoms with Crippen LogP contribution in [0.15, 0.2) is 36.0 Å². The van der Waals surface area contributed by atoms with Crippen LogP contribution in [-0.2, 0) is 9.22 Å². The van der Waals surface area contributed by atoms with E-state index in [1.807, 2.05) is 0 Å². The van der Waals surface area contributed by atoms with Crippen molar-refractivity contribution < 1.29 is 9.22 Å². The Balaban J connectivity index is 2.79. The average molecular weight is 447 g/mol. The molecule has 0 spiro atoms. The molecule has 3 heteroatoms. The topological polar surface area (TPSA) is 26.3 Å². The SMILES string of the molecule is CC(C)=CCC[C@H](C)CC[C@@H](/C=C/C=C/[C@]1(C)CCCCC1=O)O[Si](C)(C)C(C)(C)C. The summed E-state index contributed by atoms with van der Waals surface area (Å²) >= 11 is 0. The van der Waals surface area contributed by atoms with Crippen molar-refractivity contribution in [3.63, 3.8) is 0 Å². The first-order chi connectivity index (χ1) is 14.3. The zero-order valence-electron chi connectivity index (χ0n) is 22.0. The van der Waals surface area contributed by atoms with Gasteiger partial charge in [-0.05, 0) is 83.3 Å². The molecule has 0 aromatic carbocycles. The van der Waals surface area contributed by atoms with E-state index in [2.05, 4.69) is 91.9 Å². The second kappa shape index (κ2) is 12.3. The Morgan fingerprint density at radius 1 is 1.13 bits per heavy atom. The van der Waals surface area contributed by atoms with Gasteiger partial charge in [0.2, 0.25) is 0 Å². The first-order valence-electron chi connectivity index (χ1n) is 12.5. The molecular formula is C28H50O2Si. The van der Waals surface area contributed by atoms with Crippen LogP contribution in [0.4, 0.5) is 0 Å². The molecule has 0 aromatic rings. The van der Waals surface area contributed by atoms with Crippen molar-refractivity contribution in [1.82, 2.24) is 0 Å². The van der Waals surface area contributed by atoms with Gasteiger partial charge in [0.05, 0.1) is 6.10 Å². The number of carbonyl (C=O) groups excluding carboxylic acids is 1. The van der Waals surface area contributed by atoms with Crippen LogP contribution >= 0.6 is 0 Å². The summed E-state index contributed by atoms with van der Waals surface area (Å²) in [6.45, 7) is 20.4. The fourth-order valence-electron chi connectivity index (χ4n) is 3.83. The molecule has 31 heavy (non-hydrogen) atoms. The van der Waals surface area contributed by atoms with Crippen molar-refractivity contribution in [2.75, 3.05) is 0 Å². The first kappa shape index (κ1) is 28.1. The van der Waals surface area contributed by atoms with Gasteiger partial charge in [0.15, 0.2) is 8.32 Å². The van der Waals surface area contributed by atoms with Crippen molar-refractivity contribution in [3.05, 3.63) is 36.0 Å². The van der Waals surface area contributed by atoms with Crippen LogP contribution in [0.5, 0.6) is 0 Å². The molecule has 0 unspecified atom stereocenters. The number of carbonyl (C=O) groups is 1. The third-order valence-electron chi connectivity index (χ3n) is 7.30. The van der Waals surface area contributed by atoms with Crippen LogP contribution in [0.2, 0.25) is 18.1 Å². The van der Waals surface area contributed by atoms with Crippen molar-refractivity contribution in [3.8, 4) is 0 Å². The normalized spacial score (nSPS) is 22.8. The van der Waals surface area contributed by atoms with E-state index >= 15 is 0 Å². The third-order valence-corrected chi connectivity index (χ3v) is 11.8. The number of hydrogen-bond donors (Lipinski definition) is 0. The third kappa shape index (κ3) is 10.0. The standard InChI is InChI=1S/C28H50O2Si/c1-23(2)15-14-16-24(3)19-20-25(30-31(8,9)27(4,5)6)17-10-12-21-28(7)22-13-11-18-26(28)29/h10,12,15,17,21,24-25H,11,13-14,16,18-20,22H2,1-9H3/b17-10+,21-12+/t24-,25+,28+/m0/s1. The van der Waals surface area contributed by atoms with Crippen LogP contribution in [-0.4, -0.2) is 20.2 Å². The second-order valence-electron chi connectivity index (χ2n) is 11.7. The van der Waals surface area contributed by atoms with Crippen molar-refractivity contribution >= 4 is 14.1 Å². The fraction of sp³-hybridized carbons (Fsp3) is 0.750. The lowest BCUT2D eigenvalue weighted by atomic mass is 9.74. The molecule has 0 aliphatic heterocycles. The number of ketones is 1. The van der Waals surface area contributed by atoms with Crippen LogP contribution in [0.3, 0.4) is 0 Å². The molecule has 1 rings (SSSR count). The van der Waals surface area contributed by atoms with Crippen LogP contribution in [0.1, 0.15) is 99.8 Å². The molecule has 1 aliphatic rings. The molecule has 1 saturated carbocycles. The minimum Gasteiger partial charge on any atom is -0.411 e. The molecule has 1 aliphatic carbocycles. The van der Waals surface area contributed by atoms with E-state index in [0.29, 0.717) is 11.7 Å². The zero-order valence-corrected chi connectivity index (χ0v) is 23.0. The Morgan fingerprint density at radius 3 is 2.39 bits per heavy atom. The molecule has 0 bridgehead atoms. The maximum absolute atomic E-state index is 12.3. The predicted octanol–water partition coefficient (Wildman–Crippen LogP) is 8.80. The van der Waals surface area contributed by atoms with Crippen molar-refractivity contribution in [2.24, 2.45) is 11.3 Å². The molecule has 0 heterocycles. The number of allylic oxidation sites excluding steroid dienone is 5. The lowest BCUT2D eigenvalue weighted by Gasteiger charge is -2.39. The summed E-state index contributed by atoms with van der Waals surface area (Å²) in [7, 11) is -1.84. The van der Waals surface area contributed by atoms with Crippen LogP contribution in [0.25, 0.3) is 0 Å². The molecule has 178 valence electrons. The van der Waals surface area contributed by atoms with Gasteiger partial charge in [-0.15, -0.1) is 0 Å². The molecule has 2 nitrogen and oxygen atoms in total. The van der Waals surface area contributed by atoms with Gasteiger partial charge in [-0.25, -0.2) is 0 Å². The minimum atomic E-state index is -1.84. The van der Waals surface area contributed by atoms with E-state index in [1.54, 1.807) is 0 Å². The molecule has 0 N–H and O–H groups in total. The molecule has 0 radical (unpaired) electrons. The molecule has 0 saturated heterocycles. The van der Waals surface area contributed by atoms with E-state index in [4.69, 9.17) is 4.43 Å². The Labute approximate surface area is 194 Å². The Bertz CT molecular complexity index is 646. The summed E-state index contributed by atoms with van der Waals surface area (Å²) < 4.78 is 6.77. The lowest BCUT2D eigenvalue weighted by Crippen LogP contribution is -2.43. The molecule has 1 fully saturated rings. The largest absolute Gasteiger partial charge is 0.411 e. The van der Waals surface area contributed by atoms with Gasteiger partial charge in [-0.3, -0.25) is 4.79 Å². The fourth-order valence-corrected chi connectivity index (χ4v) is 5.14. The smallest absolute Gasteiger partial charge is 0.192 e. The van der Waals surface area contributed by atoms with Gasteiger partial charge in [0.25, 0.3) is 0 Å². The maximum atomic E-state index is 12.3. The van der Waals surface area contributed by atoms with Gasteiger partial charge >= 0.3 is 0 Å². The number of rotatable bonds is 11.